The van der Waals surface area contributed by atoms with E-state index in [1.54, 1.807) is 12.3 Å². The number of aromatic amines is 1. The van der Waals surface area contributed by atoms with E-state index in [1.807, 2.05) is 6.92 Å². The van der Waals surface area contributed by atoms with Crippen molar-refractivity contribution in [2.45, 2.75) is 38.2 Å². The number of hydrogen-bond acceptors (Lipinski definition) is 4. The molecule has 7 nitrogen and oxygen atoms in total. The molecule has 2 atom stereocenters. The Morgan fingerprint density at radius 1 is 1.32 bits per heavy atom. The Balaban J connectivity index is 1.51. The molecule has 2 aromatic rings. The maximum Gasteiger partial charge on any atom is 0.339 e. The molecular formula is C21H21F3N4O3. The van der Waals surface area contributed by atoms with Crippen LogP contribution in [0, 0.1) is 18.7 Å². The lowest BCUT2D eigenvalue weighted by Gasteiger charge is -2.38. The number of nitrogens with zero attached hydrogens (tertiary/aromatic N) is 2. The minimum atomic E-state index is -3.35. The van der Waals surface area contributed by atoms with Crippen LogP contribution in [0.5, 0.6) is 0 Å². The van der Waals surface area contributed by atoms with Crippen molar-refractivity contribution in [3.05, 3.63) is 58.7 Å². The summed E-state index contributed by atoms with van der Waals surface area (Å²) < 4.78 is 43.0. The van der Waals surface area contributed by atoms with E-state index in [2.05, 4.69) is 10.1 Å². The second-order valence-electron chi connectivity index (χ2n) is 7.96. The number of fused-ring (bicyclic) bond motifs is 2. The molecule has 0 unspecified atom stereocenters. The van der Waals surface area contributed by atoms with Gasteiger partial charge in [-0.3, -0.25) is 4.79 Å². The first-order valence-corrected chi connectivity index (χ1v) is 9.84. The van der Waals surface area contributed by atoms with E-state index in [9.17, 15) is 22.8 Å². The molecule has 0 aliphatic carbocycles. The number of piperidine rings is 1. The Bertz CT molecular complexity index is 1070. The topological polar surface area (TPSA) is 101 Å². The van der Waals surface area contributed by atoms with Crippen LogP contribution in [0.2, 0.25) is 0 Å². The number of aryl methyl sites for hydroxylation is 1. The molecule has 2 aliphatic heterocycles. The summed E-state index contributed by atoms with van der Waals surface area (Å²) >= 11 is 0. The van der Waals surface area contributed by atoms with Crippen molar-refractivity contribution in [2.75, 3.05) is 6.54 Å². The fraction of sp³-hybridized carbons (Fsp3) is 0.381. The molecule has 4 rings (SSSR count). The lowest BCUT2D eigenvalue weighted by atomic mass is 9.90. The zero-order chi connectivity index (χ0) is 22.3. The van der Waals surface area contributed by atoms with Crippen molar-refractivity contribution in [3.8, 4) is 0 Å². The first-order valence-electron chi connectivity index (χ1n) is 9.84. The van der Waals surface area contributed by atoms with E-state index in [-0.39, 0.29) is 30.8 Å². The molecule has 2 aliphatic rings. The predicted octanol–water partition coefficient (Wildman–Crippen LogP) is 3.04. The molecule has 31 heavy (non-hydrogen) atoms. The summed E-state index contributed by atoms with van der Waals surface area (Å²) in [4.78, 5) is 34.5. The molecule has 1 aromatic carbocycles. The normalized spacial score (nSPS) is 23.0. The van der Waals surface area contributed by atoms with E-state index < -0.39 is 47.6 Å². The van der Waals surface area contributed by atoms with Crippen molar-refractivity contribution < 1.29 is 27.6 Å². The van der Waals surface area contributed by atoms with Gasteiger partial charge < -0.3 is 20.5 Å². The fourth-order valence-electron chi connectivity index (χ4n) is 4.12. The summed E-state index contributed by atoms with van der Waals surface area (Å²) in [6.45, 7) is 1.76. The number of amides is 1. The Morgan fingerprint density at radius 3 is 2.81 bits per heavy atom. The van der Waals surface area contributed by atoms with Crippen molar-refractivity contribution in [3.63, 3.8) is 0 Å². The third-order valence-electron chi connectivity index (χ3n) is 5.74. The second-order valence-corrected chi connectivity index (χ2v) is 7.96. The summed E-state index contributed by atoms with van der Waals surface area (Å²) in [7, 11) is 0. The number of halogens is 3. The number of nitrogens with one attached hydrogen (secondary N) is 1. The van der Waals surface area contributed by atoms with Crippen LogP contribution in [-0.2, 0) is 15.6 Å². The van der Waals surface area contributed by atoms with Gasteiger partial charge in [-0.2, -0.15) is 0 Å². The van der Waals surface area contributed by atoms with Gasteiger partial charge in [-0.25, -0.2) is 18.0 Å². The van der Waals surface area contributed by atoms with Gasteiger partial charge in [0.15, 0.2) is 5.84 Å². The van der Waals surface area contributed by atoms with Crippen molar-refractivity contribution in [1.29, 1.82) is 0 Å². The minimum Gasteiger partial charge on any atom is -0.379 e. The SMILES string of the molecule is Cc1c[nH]c(/C(N)=N/OC(=O)[C@H]2CC[C@H]3CC(F)(F)c4cc(F)ccc4C(=O)N3C2)c1. The molecule has 10 heteroatoms. The number of hydrogen-bond donors (Lipinski definition) is 2. The van der Waals surface area contributed by atoms with Crippen LogP contribution in [0.25, 0.3) is 0 Å². The van der Waals surface area contributed by atoms with Crippen LogP contribution in [0.15, 0.2) is 35.6 Å². The van der Waals surface area contributed by atoms with Gasteiger partial charge in [0.1, 0.15) is 5.82 Å². The monoisotopic (exact) mass is 434 g/mol. The van der Waals surface area contributed by atoms with Gasteiger partial charge >= 0.3 is 5.97 Å². The van der Waals surface area contributed by atoms with E-state index in [0.717, 1.165) is 17.7 Å². The molecule has 1 fully saturated rings. The van der Waals surface area contributed by atoms with Gasteiger partial charge in [-0.15, -0.1) is 0 Å². The summed E-state index contributed by atoms with van der Waals surface area (Å²) in [6.07, 6.45) is 1.52. The Kier molecular flexibility index (Phi) is 5.24. The number of benzene rings is 1. The third-order valence-corrected chi connectivity index (χ3v) is 5.74. The van der Waals surface area contributed by atoms with Crippen molar-refractivity contribution >= 4 is 17.7 Å². The van der Waals surface area contributed by atoms with Gasteiger partial charge in [0, 0.05) is 36.3 Å². The molecule has 1 aromatic heterocycles. The fourth-order valence-corrected chi connectivity index (χ4v) is 4.12. The number of alkyl halides is 2. The zero-order valence-electron chi connectivity index (χ0n) is 16.7. The standard InChI is InChI=1S/C21H21F3N4O3/c1-11-6-17(26-9-11)18(25)27-31-20(30)12-2-4-14-8-21(23,24)16-7-13(22)3-5-15(16)19(29)28(14)10-12/h3,5-7,9,12,14,26H,2,4,8,10H2,1H3,(H2,25,27)/t12-,14-/m0/s1. The van der Waals surface area contributed by atoms with Gasteiger partial charge in [-0.1, -0.05) is 5.16 Å². The molecule has 1 amide bonds. The number of carbonyl (C=O) groups excluding carboxylic acids is 2. The predicted molar refractivity (Wildman–Crippen MR) is 105 cm³/mol. The van der Waals surface area contributed by atoms with Crippen LogP contribution in [0.3, 0.4) is 0 Å². The minimum absolute atomic E-state index is 0.0171. The first kappa shape index (κ1) is 21.0. The van der Waals surface area contributed by atoms with Crippen LogP contribution in [-0.4, -0.2) is 40.2 Å². The molecular weight excluding hydrogens is 413 g/mol. The van der Waals surface area contributed by atoms with Crippen LogP contribution < -0.4 is 5.73 Å². The molecule has 1 saturated heterocycles. The molecule has 164 valence electrons. The van der Waals surface area contributed by atoms with Crippen molar-refractivity contribution in [1.82, 2.24) is 9.88 Å². The summed E-state index contributed by atoms with van der Waals surface area (Å²) in [6, 6.07) is 3.71. The molecule has 3 N–H and O–H groups in total. The quantitative estimate of drug-likeness (QED) is 0.336. The molecule has 3 heterocycles. The smallest absolute Gasteiger partial charge is 0.339 e. The van der Waals surface area contributed by atoms with E-state index in [0.29, 0.717) is 11.8 Å². The highest BCUT2D eigenvalue weighted by Crippen LogP contribution is 2.42. The van der Waals surface area contributed by atoms with Crippen LogP contribution in [0.4, 0.5) is 13.2 Å². The lowest BCUT2D eigenvalue weighted by Crippen LogP contribution is -2.48. The molecule has 0 saturated carbocycles. The maximum absolute atomic E-state index is 14.7. The van der Waals surface area contributed by atoms with Crippen molar-refractivity contribution in [2.24, 2.45) is 16.8 Å². The average molecular weight is 434 g/mol. The Labute approximate surface area is 176 Å². The number of H-pyrrole nitrogens is 1. The highest BCUT2D eigenvalue weighted by molar-refractivity contribution is 5.97. The Hall–Kier alpha value is -3.30. The number of rotatable bonds is 3. The number of aromatic nitrogens is 1. The Morgan fingerprint density at radius 2 is 2.10 bits per heavy atom. The summed E-state index contributed by atoms with van der Waals surface area (Å²) in [5.41, 5.74) is 6.33. The number of carbonyl (C=O) groups is 2. The van der Waals surface area contributed by atoms with Gasteiger partial charge in [-0.05, 0) is 49.6 Å². The largest absolute Gasteiger partial charge is 0.379 e. The lowest BCUT2D eigenvalue weighted by molar-refractivity contribution is -0.150. The first-order chi connectivity index (χ1) is 14.7. The zero-order valence-corrected chi connectivity index (χ0v) is 16.7. The number of oxime groups is 1. The van der Waals surface area contributed by atoms with Crippen LogP contribution >= 0.6 is 0 Å². The molecule has 0 bridgehead atoms. The third kappa shape index (κ3) is 4.01. The highest BCUT2D eigenvalue weighted by atomic mass is 19.3. The van der Waals surface area contributed by atoms with Gasteiger partial charge in [0.2, 0.25) is 0 Å². The number of nitrogens with two attached hydrogens (primary N) is 1. The van der Waals surface area contributed by atoms with Gasteiger partial charge in [0.25, 0.3) is 11.8 Å². The summed E-state index contributed by atoms with van der Waals surface area (Å²) in [5.74, 6) is -6.30. The average Bonchev–Trinajstić information content (AvgIpc) is 3.14. The number of amidine groups is 1. The highest BCUT2D eigenvalue weighted by Gasteiger charge is 2.47. The second kappa shape index (κ2) is 7.75. The molecule has 0 spiro atoms. The van der Waals surface area contributed by atoms with Crippen LogP contribution in [0.1, 0.15) is 46.4 Å². The van der Waals surface area contributed by atoms with E-state index >= 15 is 0 Å². The molecule has 0 radical (unpaired) electrons. The van der Waals surface area contributed by atoms with E-state index in [1.165, 1.54) is 4.90 Å². The van der Waals surface area contributed by atoms with E-state index in [4.69, 9.17) is 10.6 Å². The maximum atomic E-state index is 14.7. The van der Waals surface area contributed by atoms with Gasteiger partial charge in [0.05, 0.1) is 11.6 Å². The summed E-state index contributed by atoms with van der Waals surface area (Å²) in [5, 5.41) is 3.64.